The van der Waals surface area contributed by atoms with Gasteiger partial charge < -0.3 is 15.0 Å². The minimum absolute atomic E-state index is 0.0428. The minimum atomic E-state index is -0.357. The van der Waals surface area contributed by atoms with Gasteiger partial charge in [0.15, 0.2) is 0 Å². The highest BCUT2D eigenvalue weighted by molar-refractivity contribution is 5.84. The van der Waals surface area contributed by atoms with Crippen LogP contribution in [0.1, 0.15) is 13.3 Å². The first kappa shape index (κ1) is 12.0. The maximum absolute atomic E-state index is 11.8. The number of amides is 1. The first-order valence-corrected chi connectivity index (χ1v) is 5.25. The predicted molar refractivity (Wildman–Crippen MR) is 55.2 cm³/mol. The molecule has 0 aliphatic carbocycles. The summed E-state index contributed by atoms with van der Waals surface area (Å²) < 4.78 is 4.56. The molecule has 1 rings (SSSR count). The third-order valence-corrected chi connectivity index (χ3v) is 2.48. The average Bonchev–Trinajstić information content (AvgIpc) is 2.14. The third-order valence-electron chi connectivity index (χ3n) is 2.48. The minimum Gasteiger partial charge on any atom is -0.468 e. The van der Waals surface area contributed by atoms with Gasteiger partial charge in [-0.1, -0.05) is 6.92 Å². The summed E-state index contributed by atoms with van der Waals surface area (Å²) in [5, 5.41) is 3.04. The van der Waals surface area contributed by atoms with Crippen molar-refractivity contribution in [2.24, 2.45) is 5.92 Å². The van der Waals surface area contributed by atoms with Gasteiger partial charge >= 0.3 is 5.97 Å². The van der Waals surface area contributed by atoms with Crippen molar-refractivity contribution in [3.8, 4) is 0 Å². The number of rotatable bonds is 5. The molecule has 1 aliphatic heterocycles. The normalized spacial score (nSPS) is 15.6. The van der Waals surface area contributed by atoms with Crippen LogP contribution in [-0.4, -0.2) is 50.1 Å². The second-order valence-corrected chi connectivity index (χ2v) is 3.69. The first-order chi connectivity index (χ1) is 7.19. The second kappa shape index (κ2) is 5.70. The van der Waals surface area contributed by atoms with Crippen LogP contribution in [0.4, 0.5) is 0 Å². The molecule has 0 saturated carbocycles. The van der Waals surface area contributed by atoms with E-state index < -0.39 is 0 Å². The summed E-state index contributed by atoms with van der Waals surface area (Å²) in [6.45, 7) is 4.11. The molecule has 0 radical (unpaired) electrons. The largest absolute Gasteiger partial charge is 0.468 e. The van der Waals surface area contributed by atoms with Crippen LogP contribution >= 0.6 is 0 Å². The summed E-state index contributed by atoms with van der Waals surface area (Å²) in [6.07, 6.45) is 0.850. The van der Waals surface area contributed by atoms with Crippen molar-refractivity contribution in [1.29, 1.82) is 0 Å². The van der Waals surface area contributed by atoms with Gasteiger partial charge in [0.05, 0.1) is 13.0 Å². The number of carbonyl (C=O) groups is 2. The number of hydrogen-bond donors (Lipinski definition) is 1. The molecule has 1 heterocycles. The Kier molecular flexibility index (Phi) is 4.55. The van der Waals surface area contributed by atoms with E-state index in [-0.39, 0.29) is 24.3 Å². The molecule has 0 atom stereocenters. The Morgan fingerprint density at radius 2 is 2.13 bits per heavy atom. The zero-order valence-electron chi connectivity index (χ0n) is 9.28. The van der Waals surface area contributed by atoms with E-state index in [1.807, 2.05) is 6.92 Å². The summed E-state index contributed by atoms with van der Waals surface area (Å²) in [6, 6.07) is 0. The molecule has 1 amide bonds. The number of hydrogen-bond acceptors (Lipinski definition) is 4. The van der Waals surface area contributed by atoms with Crippen LogP contribution in [-0.2, 0) is 14.3 Å². The summed E-state index contributed by atoms with van der Waals surface area (Å²) >= 11 is 0. The number of carbonyl (C=O) groups excluding carboxylic acids is 2. The van der Waals surface area contributed by atoms with Gasteiger partial charge in [0.2, 0.25) is 5.91 Å². The molecule has 86 valence electrons. The lowest BCUT2D eigenvalue weighted by atomic mass is 10.0. The smallest absolute Gasteiger partial charge is 0.325 e. The fraction of sp³-hybridized carbons (Fsp3) is 0.800. The van der Waals surface area contributed by atoms with Gasteiger partial charge in [-0.05, 0) is 6.42 Å². The zero-order chi connectivity index (χ0) is 11.3. The number of nitrogens with one attached hydrogen (secondary N) is 1. The van der Waals surface area contributed by atoms with Crippen LogP contribution in [0.15, 0.2) is 0 Å². The lowest BCUT2D eigenvalue weighted by molar-refractivity contribution is -0.149. The summed E-state index contributed by atoms with van der Waals surface area (Å²) in [7, 11) is 1.34. The van der Waals surface area contributed by atoms with E-state index in [1.165, 1.54) is 7.11 Å². The van der Waals surface area contributed by atoms with Gasteiger partial charge in [-0.2, -0.15) is 0 Å². The molecule has 15 heavy (non-hydrogen) atoms. The van der Waals surface area contributed by atoms with Crippen molar-refractivity contribution < 1.29 is 14.3 Å². The van der Waals surface area contributed by atoms with Crippen molar-refractivity contribution in [3.05, 3.63) is 0 Å². The fourth-order valence-corrected chi connectivity index (χ4v) is 1.48. The maximum Gasteiger partial charge on any atom is 0.325 e. The lowest BCUT2D eigenvalue weighted by Gasteiger charge is -2.31. The number of methoxy groups -OCH3 is 1. The van der Waals surface area contributed by atoms with E-state index in [2.05, 4.69) is 10.1 Å². The number of esters is 1. The maximum atomic E-state index is 11.8. The summed E-state index contributed by atoms with van der Waals surface area (Å²) in [5.41, 5.74) is 0. The highest BCUT2D eigenvalue weighted by atomic mass is 16.5. The molecule has 0 bridgehead atoms. The molecule has 0 spiro atoms. The van der Waals surface area contributed by atoms with Crippen molar-refractivity contribution in [1.82, 2.24) is 10.2 Å². The van der Waals surface area contributed by atoms with Crippen LogP contribution in [0.2, 0.25) is 0 Å². The Hall–Kier alpha value is -1.10. The lowest BCUT2D eigenvalue weighted by Crippen LogP contribution is -2.53. The Labute approximate surface area is 89.8 Å². The zero-order valence-corrected chi connectivity index (χ0v) is 9.28. The Morgan fingerprint density at radius 3 is 2.53 bits per heavy atom. The third kappa shape index (κ3) is 3.20. The van der Waals surface area contributed by atoms with E-state index in [0.717, 1.165) is 19.5 Å². The van der Waals surface area contributed by atoms with Gasteiger partial charge in [-0.25, -0.2) is 0 Å². The molecule has 1 N–H and O–H groups in total. The van der Waals surface area contributed by atoms with E-state index >= 15 is 0 Å². The van der Waals surface area contributed by atoms with Gasteiger partial charge in [-0.15, -0.1) is 0 Å². The molecule has 1 fully saturated rings. The van der Waals surface area contributed by atoms with E-state index in [1.54, 1.807) is 4.90 Å². The number of nitrogens with zero attached hydrogens (tertiary/aromatic N) is 1. The Bertz CT molecular complexity index is 239. The Balaban J connectivity index is 2.47. The van der Waals surface area contributed by atoms with Crippen LogP contribution in [0.3, 0.4) is 0 Å². The highest BCUT2D eigenvalue weighted by Gasteiger charge is 2.29. The van der Waals surface area contributed by atoms with Gasteiger partial charge in [0, 0.05) is 19.6 Å². The monoisotopic (exact) mass is 214 g/mol. The fourth-order valence-electron chi connectivity index (χ4n) is 1.48. The Morgan fingerprint density at radius 1 is 1.47 bits per heavy atom. The van der Waals surface area contributed by atoms with Crippen molar-refractivity contribution in [2.45, 2.75) is 13.3 Å². The average molecular weight is 214 g/mol. The molecule has 5 heteroatoms. The quantitative estimate of drug-likeness (QED) is 0.634. The van der Waals surface area contributed by atoms with Gasteiger partial charge in [0.1, 0.15) is 6.54 Å². The molecule has 1 aliphatic rings. The predicted octanol–water partition coefficient (Wildman–Crippen LogP) is -0.383. The van der Waals surface area contributed by atoms with Crippen molar-refractivity contribution in [2.75, 3.05) is 33.3 Å². The SMILES string of the molecule is CCCN(CC(=O)OC)C(=O)C1CNC1. The summed E-state index contributed by atoms with van der Waals surface area (Å²) in [5.74, 6) is -0.258. The molecule has 5 nitrogen and oxygen atoms in total. The first-order valence-electron chi connectivity index (χ1n) is 5.25. The second-order valence-electron chi connectivity index (χ2n) is 3.69. The molecule has 1 saturated heterocycles. The van der Waals surface area contributed by atoms with Crippen LogP contribution in [0.5, 0.6) is 0 Å². The summed E-state index contributed by atoms with van der Waals surface area (Å²) in [4.78, 5) is 24.5. The van der Waals surface area contributed by atoms with Crippen LogP contribution in [0.25, 0.3) is 0 Å². The molecular formula is C10H18N2O3. The topological polar surface area (TPSA) is 58.6 Å². The van der Waals surface area contributed by atoms with Gasteiger partial charge in [-0.3, -0.25) is 9.59 Å². The molecular weight excluding hydrogens is 196 g/mol. The molecule has 0 unspecified atom stereocenters. The standard InChI is InChI=1S/C10H18N2O3/c1-3-4-12(7-9(13)15-2)10(14)8-5-11-6-8/h8,11H,3-7H2,1-2H3. The van der Waals surface area contributed by atoms with Gasteiger partial charge in [0.25, 0.3) is 0 Å². The molecule has 0 aromatic rings. The van der Waals surface area contributed by atoms with E-state index in [4.69, 9.17) is 0 Å². The van der Waals surface area contributed by atoms with Crippen molar-refractivity contribution in [3.63, 3.8) is 0 Å². The van der Waals surface area contributed by atoms with E-state index in [0.29, 0.717) is 6.54 Å². The van der Waals surface area contributed by atoms with Crippen molar-refractivity contribution >= 4 is 11.9 Å². The van der Waals surface area contributed by atoms with E-state index in [9.17, 15) is 9.59 Å². The van der Waals surface area contributed by atoms with Crippen LogP contribution in [0, 0.1) is 5.92 Å². The van der Waals surface area contributed by atoms with Crippen LogP contribution < -0.4 is 5.32 Å². The molecule has 0 aromatic heterocycles. The number of ether oxygens (including phenoxy) is 1. The highest BCUT2D eigenvalue weighted by Crippen LogP contribution is 2.08. The molecule has 0 aromatic carbocycles.